The van der Waals surface area contributed by atoms with E-state index in [4.69, 9.17) is 0 Å². The second-order valence-electron chi connectivity index (χ2n) is 6.58. The molecule has 1 N–H and O–H groups in total. The minimum atomic E-state index is -2.77. The first-order valence-electron chi connectivity index (χ1n) is 8.73. The number of hydrogen-bond acceptors (Lipinski definition) is 3. The highest BCUT2D eigenvalue weighted by molar-refractivity contribution is 5.85. The van der Waals surface area contributed by atoms with Crippen molar-refractivity contribution in [3.05, 3.63) is 29.8 Å². The van der Waals surface area contributed by atoms with Crippen LogP contribution in [-0.2, 0) is 0 Å². The van der Waals surface area contributed by atoms with E-state index >= 15 is 0 Å². The molecule has 1 heterocycles. The molecule has 136 valence electrons. The summed E-state index contributed by atoms with van der Waals surface area (Å²) in [5.41, 5.74) is 1.12. The Hall–Kier alpha value is -0.910. The zero-order chi connectivity index (χ0) is 16.1. The molecule has 1 aliphatic heterocycles. The third-order valence-corrected chi connectivity index (χ3v) is 5.07. The summed E-state index contributed by atoms with van der Waals surface area (Å²) in [6.45, 7) is 1.26. The van der Waals surface area contributed by atoms with Crippen molar-refractivity contribution in [1.29, 1.82) is 0 Å². The predicted molar refractivity (Wildman–Crippen MR) is 94.1 cm³/mol. The lowest BCUT2D eigenvalue weighted by Crippen LogP contribution is -2.47. The molecule has 1 aromatic rings. The van der Waals surface area contributed by atoms with Crippen LogP contribution in [0.2, 0.25) is 0 Å². The fourth-order valence-electron chi connectivity index (χ4n) is 4.07. The Morgan fingerprint density at radius 3 is 2.46 bits per heavy atom. The minimum Gasteiger partial charge on any atom is -0.435 e. The fraction of sp³-hybridized carbons (Fsp3) is 0.667. The van der Waals surface area contributed by atoms with Gasteiger partial charge in [-0.15, -0.1) is 12.4 Å². The molecule has 1 aromatic carbocycles. The molecule has 6 heteroatoms. The molecule has 2 aliphatic rings. The lowest BCUT2D eigenvalue weighted by molar-refractivity contribution is -0.0499. The second kappa shape index (κ2) is 9.54. The van der Waals surface area contributed by atoms with Crippen LogP contribution in [0.4, 0.5) is 8.78 Å². The number of halogens is 3. The summed E-state index contributed by atoms with van der Waals surface area (Å²) in [4.78, 5) is 2.52. The number of hydrogen-bond donors (Lipinski definition) is 1. The van der Waals surface area contributed by atoms with E-state index in [1.165, 1.54) is 32.1 Å². The summed E-state index contributed by atoms with van der Waals surface area (Å²) >= 11 is 0. The van der Waals surface area contributed by atoms with Crippen molar-refractivity contribution in [2.45, 2.75) is 44.8 Å². The molecule has 3 nitrogen and oxygen atoms in total. The van der Waals surface area contributed by atoms with E-state index in [1.807, 2.05) is 12.1 Å². The molecule has 0 aromatic heterocycles. The summed E-state index contributed by atoms with van der Waals surface area (Å²) in [7, 11) is 0. The Balaban J connectivity index is 0.00000208. The smallest absolute Gasteiger partial charge is 0.387 e. The van der Waals surface area contributed by atoms with Crippen LogP contribution in [0.5, 0.6) is 5.75 Å². The van der Waals surface area contributed by atoms with Gasteiger partial charge in [-0.3, -0.25) is 4.90 Å². The molecule has 0 radical (unpaired) electrons. The highest BCUT2D eigenvalue weighted by atomic mass is 35.5. The SMILES string of the molecule is Cl.FC(F)Oc1cccc([C@@H](C2CCCCC2)N2CCNCC2)c1. The summed E-state index contributed by atoms with van der Waals surface area (Å²) in [5.74, 6) is 0.886. The van der Waals surface area contributed by atoms with Gasteiger partial charge in [-0.2, -0.15) is 8.78 Å². The number of nitrogens with zero attached hydrogens (tertiary/aromatic N) is 1. The van der Waals surface area contributed by atoms with Gasteiger partial charge in [0, 0.05) is 32.2 Å². The Morgan fingerprint density at radius 1 is 1.08 bits per heavy atom. The summed E-state index contributed by atoms with van der Waals surface area (Å²) in [6.07, 6.45) is 6.34. The van der Waals surface area contributed by atoms with E-state index in [-0.39, 0.29) is 18.2 Å². The lowest BCUT2D eigenvalue weighted by Gasteiger charge is -2.41. The maximum Gasteiger partial charge on any atom is 0.387 e. The highest BCUT2D eigenvalue weighted by Gasteiger charge is 2.31. The van der Waals surface area contributed by atoms with Gasteiger partial charge in [0.25, 0.3) is 0 Å². The lowest BCUT2D eigenvalue weighted by atomic mass is 9.80. The summed E-state index contributed by atoms with van der Waals surface area (Å²) in [5, 5.41) is 3.40. The summed E-state index contributed by atoms with van der Waals surface area (Å²) < 4.78 is 29.7. The molecule has 0 bridgehead atoms. The molecule has 2 fully saturated rings. The topological polar surface area (TPSA) is 24.5 Å². The molecule has 1 atom stereocenters. The van der Waals surface area contributed by atoms with Crippen LogP contribution in [-0.4, -0.2) is 37.7 Å². The Labute approximate surface area is 149 Å². The van der Waals surface area contributed by atoms with Crippen molar-refractivity contribution in [3.8, 4) is 5.75 Å². The van der Waals surface area contributed by atoms with E-state index < -0.39 is 6.61 Å². The van der Waals surface area contributed by atoms with Crippen LogP contribution in [0.1, 0.15) is 43.7 Å². The van der Waals surface area contributed by atoms with Gasteiger partial charge < -0.3 is 10.1 Å². The molecule has 0 spiro atoms. The van der Waals surface area contributed by atoms with E-state index in [0.717, 1.165) is 31.7 Å². The van der Waals surface area contributed by atoms with Crippen LogP contribution in [0.15, 0.2) is 24.3 Å². The van der Waals surface area contributed by atoms with Gasteiger partial charge in [-0.1, -0.05) is 31.4 Å². The number of nitrogens with one attached hydrogen (secondary N) is 1. The molecule has 0 amide bonds. The van der Waals surface area contributed by atoms with E-state index in [2.05, 4.69) is 21.0 Å². The second-order valence-corrected chi connectivity index (χ2v) is 6.58. The van der Waals surface area contributed by atoms with Crippen molar-refractivity contribution in [2.24, 2.45) is 5.92 Å². The third-order valence-electron chi connectivity index (χ3n) is 5.07. The number of piperazine rings is 1. The van der Waals surface area contributed by atoms with Crippen molar-refractivity contribution >= 4 is 12.4 Å². The van der Waals surface area contributed by atoms with Gasteiger partial charge in [0.1, 0.15) is 5.75 Å². The Bertz CT molecular complexity index is 474. The minimum absolute atomic E-state index is 0. The van der Waals surface area contributed by atoms with Crippen molar-refractivity contribution in [3.63, 3.8) is 0 Å². The van der Waals surface area contributed by atoms with Gasteiger partial charge in [0.15, 0.2) is 0 Å². The first-order chi connectivity index (χ1) is 11.2. The van der Waals surface area contributed by atoms with Crippen LogP contribution in [0, 0.1) is 5.92 Å². The predicted octanol–water partition coefficient (Wildman–Crippen LogP) is 4.24. The van der Waals surface area contributed by atoms with E-state index in [0.29, 0.717) is 12.0 Å². The molecule has 1 aliphatic carbocycles. The average Bonchev–Trinajstić information content (AvgIpc) is 2.57. The third kappa shape index (κ3) is 5.04. The zero-order valence-corrected chi connectivity index (χ0v) is 14.7. The molecule has 24 heavy (non-hydrogen) atoms. The number of ether oxygens (including phenoxy) is 1. The standard InChI is InChI=1S/C18H26F2N2O.ClH/c19-18(20)23-16-8-4-7-15(13-16)17(14-5-2-1-3-6-14)22-11-9-21-10-12-22;/h4,7-8,13-14,17-18,21H,1-3,5-6,9-12H2;1H/t17-;/m1./s1. The van der Waals surface area contributed by atoms with Crippen LogP contribution < -0.4 is 10.1 Å². The number of rotatable bonds is 5. The van der Waals surface area contributed by atoms with E-state index in [1.54, 1.807) is 6.07 Å². The normalized spacial score (nSPS) is 21.3. The Kier molecular flexibility index (Phi) is 7.72. The quantitative estimate of drug-likeness (QED) is 0.850. The largest absolute Gasteiger partial charge is 0.435 e. The molecule has 3 rings (SSSR count). The Morgan fingerprint density at radius 2 is 1.79 bits per heavy atom. The first kappa shape index (κ1) is 19.4. The molecular formula is C18H27ClF2N2O. The van der Waals surface area contributed by atoms with Gasteiger partial charge in [-0.05, 0) is 36.5 Å². The number of alkyl halides is 2. The first-order valence-corrected chi connectivity index (χ1v) is 8.73. The van der Waals surface area contributed by atoms with Crippen LogP contribution in [0.25, 0.3) is 0 Å². The van der Waals surface area contributed by atoms with Crippen molar-refractivity contribution < 1.29 is 13.5 Å². The van der Waals surface area contributed by atoms with Gasteiger partial charge in [0.2, 0.25) is 0 Å². The molecular weight excluding hydrogens is 334 g/mol. The van der Waals surface area contributed by atoms with Crippen molar-refractivity contribution in [1.82, 2.24) is 10.2 Å². The highest BCUT2D eigenvalue weighted by Crippen LogP contribution is 2.39. The zero-order valence-electron chi connectivity index (χ0n) is 13.9. The summed E-state index contributed by atoms with van der Waals surface area (Å²) in [6, 6.07) is 7.65. The van der Waals surface area contributed by atoms with E-state index in [9.17, 15) is 8.78 Å². The fourth-order valence-corrected chi connectivity index (χ4v) is 4.07. The average molecular weight is 361 g/mol. The van der Waals surface area contributed by atoms with Crippen LogP contribution >= 0.6 is 12.4 Å². The monoisotopic (exact) mass is 360 g/mol. The maximum atomic E-state index is 12.5. The maximum absolute atomic E-state index is 12.5. The molecule has 1 saturated carbocycles. The van der Waals surface area contributed by atoms with Crippen LogP contribution in [0.3, 0.4) is 0 Å². The van der Waals surface area contributed by atoms with Gasteiger partial charge in [-0.25, -0.2) is 0 Å². The van der Waals surface area contributed by atoms with Crippen molar-refractivity contribution in [2.75, 3.05) is 26.2 Å². The number of benzene rings is 1. The molecule has 1 saturated heterocycles. The molecule has 0 unspecified atom stereocenters. The van der Waals surface area contributed by atoms with Gasteiger partial charge in [0.05, 0.1) is 0 Å². The van der Waals surface area contributed by atoms with Gasteiger partial charge >= 0.3 is 6.61 Å².